The first-order chi connectivity index (χ1) is 12.2. The van der Waals surface area contributed by atoms with E-state index in [0.717, 1.165) is 44.2 Å². The summed E-state index contributed by atoms with van der Waals surface area (Å²) >= 11 is 0. The normalized spacial score (nSPS) is 12.2. The van der Waals surface area contributed by atoms with Crippen LogP contribution < -0.4 is 15.4 Å². The van der Waals surface area contributed by atoms with Crippen molar-refractivity contribution in [2.45, 2.75) is 32.2 Å². The maximum Gasteiger partial charge on any atom is 0.190 e. The Balaban J connectivity index is 0.00000338. The molecule has 2 rings (SSSR count). The Kier molecular flexibility index (Phi) is 10.8. The van der Waals surface area contributed by atoms with Crippen molar-refractivity contribution in [2.24, 2.45) is 4.99 Å². The van der Waals surface area contributed by atoms with Crippen LogP contribution >= 0.6 is 24.0 Å². The van der Waals surface area contributed by atoms with Crippen LogP contribution in [-0.2, 0) is 6.54 Å². The van der Waals surface area contributed by atoms with Gasteiger partial charge in [0.15, 0.2) is 5.96 Å². The Morgan fingerprint density at radius 3 is 2.58 bits per heavy atom. The first-order valence-electron chi connectivity index (χ1n) is 8.79. The number of benzene rings is 1. The van der Waals surface area contributed by atoms with Gasteiger partial charge in [-0.2, -0.15) is 5.10 Å². The van der Waals surface area contributed by atoms with Crippen LogP contribution in [0.4, 0.5) is 0 Å². The topological polar surface area (TPSA) is 63.5 Å². The molecule has 2 N–H and O–H groups in total. The van der Waals surface area contributed by atoms with Gasteiger partial charge in [-0.15, -0.1) is 24.0 Å². The van der Waals surface area contributed by atoms with Crippen LogP contribution in [0.15, 0.2) is 47.7 Å². The molecular weight excluding hydrogens is 441 g/mol. The lowest BCUT2D eigenvalue weighted by molar-refractivity contribution is 0.414. The lowest BCUT2D eigenvalue weighted by atomic mass is 9.98. The maximum absolute atomic E-state index is 5.20. The van der Waals surface area contributed by atoms with Gasteiger partial charge in [-0.1, -0.05) is 19.1 Å². The van der Waals surface area contributed by atoms with Crippen LogP contribution in [0.3, 0.4) is 0 Å². The molecular formula is C19H30IN5O. The van der Waals surface area contributed by atoms with Crippen molar-refractivity contribution in [1.82, 2.24) is 20.4 Å². The van der Waals surface area contributed by atoms with Gasteiger partial charge in [0, 0.05) is 39.1 Å². The number of methoxy groups -OCH3 is 1. The molecule has 0 aliphatic rings. The van der Waals surface area contributed by atoms with Crippen molar-refractivity contribution >= 4 is 29.9 Å². The Morgan fingerprint density at radius 2 is 1.96 bits per heavy atom. The predicted octanol–water partition coefficient (Wildman–Crippen LogP) is 3.26. The number of nitrogens with one attached hydrogen (secondary N) is 2. The molecule has 0 fully saturated rings. The van der Waals surface area contributed by atoms with E-state index in [4.69, 9.17) is 4.74 Å². The second-order valence-corrected chi connectivity index (χ2v) is 6.01. The average Bonchev–Trinajstić information content (AvgIpc) is 3.17. The number of aryl methyl sites for hydroxylation is 1. The highest BCUT2D eigenvalue weighted by Crippen LogP contribution is 2.21. The summed E-state index contributed by atoms with van der Waals surface area (Å²) in [5.41, 5.74) is 1.32. The van der Waals surface area contributed by atoms with E-state index in [1.807, 2.05) is 29.1 Å². The lowest BCUT2D eigenvalue weighted by Crippen LogP contribution is -2.38. The summed E-state index contributed by atoms with van der Waals surface area (Å²) in [6.45, 7) is 4.90. The third kappa shape index (κ3) is 7.63. The van der Waals surface area contributed by atoms with Crippen LogP contribution in [0.25, 0.3) is 0 Å². The van der Waals surface area contributed by atoms with Gasteiger partial charge in [-0.3, -0.25) is 9.67 Å². The van der Waals surface area contributed by atoms with Gasteiger partial charge in [0.1, 0.15) is 5.75 Å². The fourth-order valence-electron chi connectivity index (χ4n) is 2.61. The van der Waals surface area contributed by atoms with Crippen LogP contribution in [0, 0.1) is 0 Å². The second kappa shape index (κ2) is 12.6. The fourth-order valence-corrected chi connectivity index (χ4v) is 2.61. The van der Waals surface area contributed by atoms with Crippen LogP contribution in [0.2, 0.25) is 0 Å². The fraction of sp³-hybridized carbons (Fsp3) is 0.474. The SMILES string of the molecule is CN=C(NCCCn1cccn1)NCCC(C)c1ccc(OC)cc1.I. The van der Waals surface area contributed by atoms with Crippen LogP contribution in [0.1, 0.15) is 31.2 Å². The highest BCUT2D eigenvalue weighted by molar-refractivity contribution is 14.0. The van der Waals surface area contributed by atoms with E-state index in [0.29, 0.717) is 5.92 Å². The largest absolute Gasteiger partial charge is 0.497 e. The summed E-state index contributed by atoms with van der Waals surface area (Å²) in [6.07, 6.45) is 5.83. The molecule has 1 atom stereocenters. The Labute approximate surface area is 173 Å². The molecule has 0 bridgehead atoms. The third-order valence-corrected chi connectivity index (χ3v) is 4.19. The summed E-state index contributed by atoms with van der Waals surface area (Å²) in [5, 5.41) is 10.9. The number of aliphatic imine (C=N–C) groups is 1. The van der Waals surface area contributed by atoms with Gasteiger partial charge < -0.3 is 15.4 Å². The van der Waals surface area contributed by atoms with E-state index in [9.17, 15) is 0 Å². The quantitative estimate of drug-likeness (QED) is 0.255. The molecule has 26 heavy (non-hydrogen) atoms. The molecule has 0 aliphatic carbocycles. The Hall–Kier alpha value is -1.77. The number of hydrogen-bond donors (Lipinski definition) is 2. The van der Waals surface area contributed by atoms with Gasteiger partial charge in [-0.05, 0) is 42.5 Å². The van der Waals surface area contributed by atoms with Crippen molar-refractivity contribution in [2.75, 3.05) is 27.2 Å². The molecule has 0 saturated carbocycles. The number of guanidine groups is 1. The van der Waals surface area contributed by atoms with Crippen LogP contribution in [0.5, 0.6) is 5.75 Å². The van der Waals surface area contributed by atoms with Crippen LogP contribution in [-0.4, -0.2) is 43.0 Å². The number of hydrogen-bond acceptors (Lipinski definition) is 3. The molecule has 0 amide bonds. The number of halogens is 1. The molecule has 1 aromatic carbocycles. The zero-order valence-electron chi connectivity index (χ0n) is 15.8. The smallest absolute Gasteiger partial charge is 0.190 e. The van der Waals surface area contributed by atoms with Crippen molar-refractivity contribution in [3.8, 4) is 5.75 Å². The minimum absolute atomic E-state index is 0. The molecule has 6 nitrogen and oxygen atoms in total. The highest BCUT2D eigenvalue weighted by atomic mass is 127. The predicted molar refractivity (Wildman–Crippen MR) is 118 cm³/mol. The molecule has 1 unspecified atom stereocenters. The van der Waals surface area contributed by atoms with E-state index < -0.39 is 0 Å². The summed E-state index contributed by atoms with van der Waals surface area (Å²) in [5.74, 6) is 2.23. The molecule has 0 saturated heterocycles. The van der Waals surface area contributed by atoms with E-state index in [2.05, 4.69) is 39.8 Å². The third-order valence-electron chi connectivity index (χ3n) is 4.19. The maximum atomic E-state index is 5.20. The number of nitrogens with zero attached hydrogens (tertiary/aromatic N) is 3. The Morgan fingerprint density at radius 1 is 1.23 bits per heavy atom. The Bertz CT molecular complexity index is 628. The monoisotopic (exact) mass is 471 g/mol. The molecule has 0 spiro atoms. The number of rotatable bonds is 9. The first kappa shape index (κ1) is 22.3. The van der Waals surface area contributed by atoms with Crippen molar-refractivity contribution < 1.29 is 4.74 Å². The molecule has 1 heterocycles. The minimum Gasteiger partial charge on any atom is -0.497 e. The first-order valence-corrected chi connectivity index (χ1v) is 8.79. The zero-order valence-corrected chi connectivity index (χ0v) is 18.1. The number of aromatic nitrogens is 2. The molecule has 0 radical (unpaired) electrons. The van der Waals surface area contributed by atoms with Gasteiger partial charge in [-0.25, -0.2) is 0 Å². The zero-order chi connectivity index (χ0) is 17.9. The van der Waals surface area contributed by atoms with Gasteiger partial charge in [0.25, 0.3) is 0 Å². The number of ether oxygens (including phenoxy) is 1. The molecule has 1 aromatic heterocycles. The van der Waals surface area contributed by atoms with Gasteiger partial charge in [0.05, 0.1) is 7.11 Å². The van der Waals surface area contributed by atoms with Crippen molar-refractivity contribution in [3.05, 3.63) is 48.3 Å². The van der Waals surface area contributed by atoms with E-state index in [1.54, 1.807) is 20.4 Å². The molecule has 2 aromatic rings. The minimum atomic E-state index is 0. The lowest BCUT2D eigenvalue weighted by Gasteiger charge is -2.15. The summed E-state index contributed by atoms with van der Waals surface area (Å²) in [4.78, 5) is 4.27. The van der Waals surface area contributed by atoms with Gasteiger partial charge >= 0.3 is 0 Å². The average molecular weight is 471 g/mol. The second-order valence-electron chi connectivity index (χ2n) is 6.01. The van der Waals surface area contributed by atoms with Crippen molar-refractivity contribution in [1.29, 1.82) is 0 Å². The standard InChI is InChI=1S/C19H29N5O.HI/c1-16(17-6-8-18(25-3)9-7-17)10-13-22-19(20-2)21-11-4-14-24-15-5-12-23-24;/h5-9,12,15-16H,4,10-11,13-14H2,1-3H3,(H2,20,21,22);1H. The highest BCUT2D eigenvalue weighted by Gasteiger charge is 2.06. The molecule has 7 heteroatoms. The molecule has 0 aliphatic heterocycles. The van der Waals surface area contributed by atoms with E-state index in [-0.39, 0.29) is 24.0 Å². The summed E-state index contributed by atoms with van der Waals surface area (Å²) < 4.78 is 7.14. The summed E-state index contributed by atoms with van der Waals surface area (Å²) in [6, 6.07) is 10.2. The van der Waals surface area contributed by atoms with E-state index >= 15 is 0 Å². The van der Waals surface area contributed by atoms with Crippen molar-refractivity contribution in [3.63, 3.8) is 0 Å². The van der Waals surface area contributed by atoms with E-state index in [1.165, 1.54) is 5.56 Å². The van der Waals surface area contributed by atoms with Gasteiger partial charge in [0.2, 0.25) is 0 Å². The summed E-state index contributed by atoms with van der Waals surface area (Å²) in [7, 11) is 3.49. The molecule has 144 valence electrons.